The van der Waals surface area contributed by atoms with Gasteiger partial charge in [-0.15, -0.1) is 0 Å². The van der Waals surface area contributed by atoms with E-state index in [4.69, 9.17) is 4.74 Å². The highest BCUT2D eigenvalue weighted by Crippen LogP contribution is 2.20. The zero-order valence-electron chi connectivity index (χ0n) is 7.42. The Bertz CT molecular complexity index is 297. The van der Waals surface area contributed by atoms with Crippen molar-refractivity contribution in [2.75, 3.05) is 0 Å². The van der Waals surface area contributed by atoms with Gasteiger partial charge in [0.15, 0.2) is 0 Å². The number of para-hydroxylation sites is 1. The number of ether oxygens (including phenoxy) is 1. The molecule has 3 heteroatoms. The highest BCUT2D eigenvalue weighted by Gasteiger charge is 2.05. The van der Waals surface area contributed by atoms with Gasteiger partial charge in [-0.3, -0.25) is 4.79 Å². The third-order valence-corrected chi connectivity index (χ3v) is 2.41. The van der Waals surface area contributed by atoms with Gasteiger partial charge in [0.05, 0.1) is 3.57 Å². The van der Waals surface area contributed by atoms with Gasteiger partial charge < -0.3 is 4.74 Å². The second kappa shape index (κ2) is 5.21. The van der Waals surface area contributed by atoms with Gasteiger partial charge >= 0.3 is 5.97 Å². The van der Waals surface area contributed by atoms with Crippen LogP contribution in [0.25, 0.3) is 0 Å². The molecule has 1 rings (SSSR count). The Morgan fingerprint density at radius 1 is 1.46 bits per heavy atom. The first-order chi connectivity index (χ1) is 6.24. The molecule has 0 aliphatic carbocycles. The van der Waals surface area contributed by atoms with Crippen molar-refractivity contribution in [1.29, 1.82) is 0 Å². The summed E-state index contributed by atoms with van der Waals surface area (Å²) in [6, 6.07) is 7.49. The first-order valence-electron chi connectivity index (χ1n) is 4.19. The molecule has 0 amide bonds. The number of carbonyl (C=O) groups is 1. The van der Waals surface area contributed by atoms with Crippen molar-refractivity contribution in [3.05, 3.63) is 27.8 Å². The standard InChI is InChI=1S/C10H11IO2/c1-2-5-10(12)13-9-7-4-3-6-8(9)11/h3-4,6-7H,2,5H2,1H3. The largest absolute Gasteiger partial charge is 0.425 e. The summed E-state index contributed by atoms with van der Waals surface area (Å²) in [6.07, 6.45) is 1.30. The lowest BCUT2D eigenvalue weighted by molar-refractivity contribution is -0.134. The molecule has 13 heavy (non-hydrogen) atoms. The average Bonchev–Trinajstić information content (AvgIpc) is 2.09. The van der Waals surface area contributed by atoms with Crippen LogP contribution in [0.2, 0.25) is 0 Å². The van der Waals surface area contributed by atoms with Crippen LogP contribution in [0.5, 0.6) is 5.75 Å². The number of benzene rings is 1. The van der Waals surface area contributed by atoms with E-state index in [-0.39, 0.29) is 5.97 Å². The minimum Gasteiger partial charge on any atom is -0.425 e. The number of carbonyl (C=O) groups excluding carboxylic acids is 1. The summed E-state index contributed by atoms with van der Waals surface area (Å²) < 4.78 is 6.10. The van der Waals surface area contributed by atoms with Crippen LogP contribution in [-0.2, 0) is 4.79 Å². The van der Waals surface area contributed by atoms with Crippen molar-refractivity contribution >= 4 is 28.6 Å². The average molecular weight is 290 g/mol. The molecule has 0 aromatic heterocycles. The summed E-state index contributed by atoms with van der Waals surface area (Å²) in [5.41, 5.74) is 0. The monoisotopic (exact) mass is 290 g/mol. The van der Waals surface area contributed by atoms with Crippen LogP contribution in [0.4, 0.5) is 0 Å². The van der Waals surface area contributed by atoms with Crippen LogP contribution in [0, 0.1) is 3.57 Å². The second-order valence-electron chi connectivity index (χ2n) is 2.65. The summed E-state index contributed by atoms with van der Waals surface area (Å²) in [6.45, 7) is 1.96. The summed E-state index contributed by atoms with van der Waals surface area (Å²) in [4.78, 5) is 11.1. The van der Waals surface area contributed by atoms with Crippen molar-refractivity contribution in [3.63, 3.8) is 0 Å². The fourth-order valence-corrected chi connectivity index (χ4v) is 1.40. The Labute approximate surface area is 91.4 Å². The van der Waals surface area contributed by atoms with Crippen LogP contribution in [0.15, 0.2) is 24.3 Å². The maximum absolute atomic E-state index is 11.1. The molecular formula is C10H11IO2. The van der Waals surface area contributed by atoms with Gasteiger partial charge in [0, 0.05) is 6.42 Å². The summed E-state index contributed by atoms with van der Waals surface area (Å²) >= 11 is 2.14. The lowest BCUT2D eigenvalue weighted by Gasteiger charge is -2.04. The van der Waals surface area contributed by atoms with Crippen molar-refractivity contribution in [3.8, 4) is 5.75 Å². The van der Waals surface area contributed by atoms with Crippen LogP contribution < -0.4 is 4.74 Å². The van der Waals surface area contributed by atoms with E-state index in [0.29, 0.717) is 12.2 Å². The molecule has 0 aliphatic heterocycles. The van der Waals surface area contributed by atoms with E-state index in [2.05, 4.69) is 22.6 Å². The molecule has 70 valence electrons. The summed E-state index contributed by atoms with van der Waals surface area (Å²) in [5.74, 6) is 0.494. The molecule has 0 spiro atoms. The van der Waals surface area contributed by atoms with E-state index >= 15 is 0 Å². The molecule has 0 atom stereocenters. The zero-order valence-corrected chi connectivity index (χ0v) is 9.58. The van der Waals surface area contributed by atoms with E-state index in [9.17, 15) is 4.79 Å². The Balaban J connectivity index is 2.63. The minimum atomic E-state index is -0.161. The van der Waals surface area contributed by atoms with E-state index in [1.807, 2.05) is 25.1 Å². The van der Waals surface area contributed by atoms with Gasteiger partial charge in [-0.05, 0) is 41.1 Å². The van der Waals surface area contributed by atoms with Crippen molar-refractivity contribution in [1.82, 2.24) is 0 Å². The fourth-order valence-electron chi connectivity index (χ4n) is 0.905. The molecule has 0 heterocycles. The van der Waals surface area contributed by atoms with Crippen LogP contribution >= 0.6 is 22.6 Å². The molecule has 0 radical (unpaired) electrons. The van der Waals surface area contributed by atoms with Crippen molar-refractivity contribution in [2.24, 2.45) is 0 Å². The molecule has 0 aliphatic rings. The summed E-state index contributed by atoms with van der Waals surface area (Å²) in [5, 5.41) is 0. The summed E-state index contributed by atoms with van der Waals surface area (Å²) in [7, 11) is 0. The van der Waals surface area contributed by atoms with E-state index in [0.717, 1.165) is 9.99 Å². The topological polar surface area (TPSA) is 26.3 Å². The van der Waals surface area contributed by atoms with Gasteiger partial charge in [-0.25, -0.2) is 0 Å². The lowest BCUT2D eigenvalue weighted by atomic mass is 10.3. The number of esters is 1. The van der Waals surface area contributed by atoms with Crippen LogP contribution in [0.1, 0.15) is 19.8 Å². The molecule has 0 saturated heterocycles. The molecule has 1 aromatic carbocycles. The number of hydrogen-bond donors (Lipinski definition) is 0. The van der Waals surface area contributed by atoms with Gasteiger partial charge in [-0.1, -0.05) is 19.1 Å². The molecule has 0 unspecified atom stereocenters. The van der Waals surface area contributed by atoms with Gasteiger partial charge in [-0.2, -0.15) is 0 Å². The van der Waals surface area contributed by atoms with Gasteiger partial charge in [0.1, 0.15) is 5.75 Å². The Kier molecular flexibility index (Phi) is 4.21. The lowest BCUT2D eigenvalue weighted by Crippen LogP contribution is -2.07. The van der Waals surface area contributed by atoms with E-state index in [1.54, 1.807) is 6.07 Å². The minimum absolute atomic E-state index is 0.161. The van der Waals surface area contributed by atoms with E-state index < -0.39 is 0 Å². The Hall–Kier alpha value is -0.580. The predicted octanol–water partition coefficient (Wildman–Crippen LogP) is 3.00. The van der Waals surface area contributed by atoms with Gasteiger partial charge in [0.25, 0.3) is 0 Å². The van der Waals surface area contributed by atoms with Gasteiger partial charge in [0.2, 0.25) is 0 Å². The molecule has 0 bridgehead atoms. The van der Waals surface area contributed by atoms with Crippen molar-refractivity contribution < 1.29 is 9.53 Å². The zero-order chi connectivity index (χ0) is 9.68. The molecule has 0 saturated carbocycles. The van der Waals surface area contributed by atoms with E-state index in [1.165, 1.54) is 0 Å². The molecule has 0 fully saturated rings. The first-order valence-corrected chi connectivity index (χ1v) is 5.27. The quantitative estimate of drug-likeness (QED) is 0.486. The molecule has 0 N–H and O–H groups in total. The SMILES string of the molecule is CCCC(=O)Oc1ccccc1I. The van der Waals surface area contributed by atoms with Crippen molar-refractivity contribution in [2.45, 2.75) is 19.8 Å². The highest BCUT2D eigenvalue weighted by molar-refractivity contribution is 14.1. The number of rotatable bonds is 3. The molecular weight excluding hydrogens is 279 g/mol. The normalized spacial score (nSPS) is 9.69. The third-order valence-electron chi connectivity index (χ3n) is 1.51. The predicted molar refractivity (Wildman–Crippen MR) is 59.7 cm³/mol. The Morgan fingerprint density at radius 2 is 2.15 bits per heavy atom. The smallest absolute Gasteiger partial charge is 0.311 e. The number of halogens is 1. The fraction of sp³-hybridized carbons (Fsp3) is 0.300. The van der Waals surface area contributed by atoms with Crippen LogP contribution in [-0.4, -0.2) is 5.97 Å². The molecule has 2 nitrogen and oxygen atoms in total. The highest BCUT2D eigenvalue weighted by atomic mass is 127. The Morgan fingerprint density at radius 3 is 2.77 bits per heavy atom. The number of hydrogen-bond acceptors (Lipinski definition) is 2. The molecule has 1 aromatic rings. The first kappa shape index (κ1) is 10.5. The van der Waals surface area contributed by atoms with Crippen LogP contribution in [0.3, 0.4) is 0 Å². The maximum atomic E-state index is 11.1. The second-order valence-corrected chi connectivity index (χ2v) is 3.82. The maximum Gasteiger partial charge on any atom is 0.311 e. The third kappa shape index (κ3) is 3.34.